The number of aliphatic hydroxyl groups is 1. The lowest BCUT2D eigenvalue weighted by molar-refractivity contribution is -0.130. The molecule has 5 heteroatoms. The van der Waals surface area contributed by atoms with Gasteiger partial charge in [0.25, 0.3) is 0 Å². The molecule has 3 atom stereocenters. The average molecular weight is 352 g/mol. The van der Waals surface area contributed by atoms with Crippen molar-refractivity contribution in [3.05, 3.63) is 62.9 Å². The summed E-state index contributed by atoms with van der Waals surface area (Å²) in [5, 5.41) is 20.7. The minimum absolute atomic E-state index is 0.0649. The van der Waals surface area contributed by atoms with E-state index in [1.54, 1.807) is 6.92 Å². The highest BCUT2D eigenvalue weighted by Gasteiger charge is 2.48. The molecule has 3 rings (SSSR count). The van der Waals surface area contributed by atoms with Crippen LogP contribution in [0, 0.1) is 28.8 Å². The molecule has 1 aliphatic rings. The summed E-state index contributed by atoms with van der Waals surface area (Å²) in [5.41, 5.74) is 2.58. The van der Waals surface area contributed by atoms with Crippen molar-refractivity contribution >= 4 is 18.0 Å². The predicted octanol–water partition coefficient (Wildman–Crippen LogP) is 3.57. The van der Waals surface area contributed by atoms with Gasteiger partial charge in [0.15, 0.2) is 0 Å². The van der Waals surface area contributed by atoms with Crippen molar-refractivity contribution in [2.24, 2.45) is 5.92 Å². The molecule has 0 saturated heterocycles. The normalized spacial score (nSPS) is 25.1. The number of nitrogens with zero attached hydrogens (tertiary/aromatic N) is 1. The third-order valence-electron chi connectivity index (χ3n) is 5.12. The van der Waals surface area contributed by atoms with Crippen LogP contribution in [0.5, 0.6) is 0 Å². The van der Waals surface area contributed by atoms with Crippen LogP contribution in [-0.2, 0) is 11.2 Å². The van der Waals surface area contributed by atoms with Gasteiger partial charge in [-0.15, -0.1) is 0 Å². The van der Waals surface area contributed by atoms with E-state index in [0.717, 1.165) is 22.4 Å². The van der Waals surface area contributed by atoms with Crippen molar-refractivity contribution in [3.63, 3.8) is 0 Å². The van der Waals surface area contributed by atoms with Gasteiger partial charge in [-0.3, -0.25) is 4.79 Å². The Morgan fingerprint density at radius 1 is 1.40 bits per heavy atom. The van der Waals surface area contributed by atoms with E-state index in [-0.39, 0.29) is 18.1 Å². The Morgan fingerprint density at radius 3 is 2.60 bits per heavy atom. The fraction of sp³-hybridized carbons (Fsp3) is 0.350. The molecule has 1 aliphatic carbocycles. The van der Waals surface area contributed by atoms with Crippen LogP contribution in [0.15, 0.2) is 30.3 Å². The van der Waals surface area contributed by atoms with Crippen LogP contribution in [-0.4, -0.2) is 21.5 Å². The molecule has 0 bridgehead atoms. The molecule has 3 unspecified atom stereocenters. The van der Waals surface area contributed by atoms with E-state index in [9.17, 15) is 15.2 Å². The lowest BCUT2D eigenvalue weighted by Crippen LogP contribution is -2.48. The molecule has 2 N–H and O–H groups in total. The van der Waals surface area contributed by atoms with E-state index < -0.39 is 11.5 Å². The number of nitrogens with one attached hydrogen (secondary N) is 1. The van der Waals surface area contributed by atoms with E-state index in [2.05, 4.69) is 11.1 Å². The Morgan fingerprint density at radius 2 is 2.04 bits per heavy atom. The van der Waals surface area contributed by atoms with Gasteiger partial charge in [0, 0.05) is 18.0 Å². The number of Topliss-reactive ketones (excluding diaryl/α,β-unsaturated/α-hetero) is 1. The number of hydrogen-bond acceptors (Lipinski definition) is 4. The summed E-state index contributed by atoms with van der Waals surface area (Å²) >= 11 is 5.31. The van der Waals surface area contributed by atoms with Crippen LogP contribution >= 0.6 is 12.2 Å². The lowest BCUT2D eigenvalue weighted by Gasteiger charge is -2.43. The van der Waals surface area contributed by atoms with Gasteiger partial charge in [0.1, 0.15) is 16.5 Å². The number of aryl methyl sites for hydroxylation is 1. The Hall–Kier alpha value is -2.29. The minimum atomic E-state index is -1.25. The molecule has 4 nitrogen and oxygen atoms in total. The van der Waals surface area contributed by atoms with Gasteiger partial charge in [-0.2, -0.15) is 5.26 Å². The van der Waals surface area contributed by atoms with Gasteiger partial charge in [-0.25, -0.2) is 0 Å². The fourth-order valence-electron chi connectivity index (χ4n) is 4.21. The van der Waals surface area contributed by atoms with Crippen LogP contribution in [0.1, 0.15) is 47.7 Å². The lowest BCUT2D eigenvalue weighted by atomic mass is 9.62. The van der Waals surface area contributed by atoms with Crippen LogP contribution in [0.4, 0.5) is 0 Å². The molecule has 0 aliphatic heterocycles. The van der Waals surface area contributed by atoms with Crippen LogP contribution in [0.25, 0.3) is 0 Å². The maximum atomic E-state index is 12.5. The standard InChI is InChI=1S/C20H20N2O2S/c1-11-16-14(15(10-21)19(25)22-11)9-20(3,24)18(12(2)23)17(16)13-7-5-4-6-8-13/h4-8,17-18,24H,9H2,1-3H3,(H,22,25). The Labute approximate surface area is 152 Å². The van der Waals surface area contributed by atoms with Gasteiger partial charge in [0.05, 0.1) is 17.1 Å². The maximum absolute atomic E-state index is 12.5. The van der Waals surface area contributed by atoms with Crippen molar-refractivity contribution in [1.82, 2.24) is 4.98 Å². The van der Waals surface area contributed by atoms with Crippen LogP contribution < -0.4 is 0 Å². The van der Waals surface area contributed by atoms with Crippen molar-refractivity contribution in [1.29, 1.82) is 5.26 Å². The topological polar surface area (TPSA) is 76.9 Å². The summed E-state index contributed by atoms with van der Waals surface area (Å²) < 4.78 is 0.377. The second-order valence-electron chi connectivity index (χ2n) is 6.97. The summed E-state index contributed by atoms with van der Waals surface area (Å²) in [4.78, 5) is 15.6. The van der Waals surface area contributed by atoms with Crippen molar-refractivity contribution in [2.75, 3.05) is 0 Å². The molecular formula is C20H20N2O2S. The molecule has 0 radical (unpaired) electrons. The monoisotopic (exact) mass is 352 g/mol. The van der Waals surface area contributed by atoms with Crippen LogP contribution in [0.3, 0.4) is 0 Å². The summed E-state index contributed by atoms with van der Waals surface area (Å²) in [6, 6.07) is 11.8. The van der Waals surface area contributed by atoms with E-state index in [0.29, 0.717) is 10.2 Å². The fourth-order valence-corrected chi connectivity index (χ4v) is 4.53. The van der Waals surface area contributed by atoms with Crippen molar-refractivity contribution < 1.29 is 9.90 Å². The summed E-state index contributed by atoms with van der Waals surface area (Å²) in [6.45, 7) is 5.10. The van der Waals surface area contributed by atoms with Crippen LogP contribution in [0.2, 0.25) is 0 Å². The first-order valence-electron chi connectivity index (χ1n) is 8.21. The molecule has 1 heterocycles. The molecule has 0 fully saturated rings. The number of pyridine rings is 1. The zero-order valence-electron chi connectivity index (χ0n) is 14.5. The first-order valence-corrected chi connectivity index (χ1v) is 8.62. The smallest absolute Gasteiger partial charge is 0.136 e. The first-order chi connectivity index (χ1) is 11.8. The minimum Gasteiger partial charge on any atom is -0.389 e. The number of H-pyrrole nitrogens is 1. The third kappa shape index (κ3) is 2.82. The highest BCUT2D eigenvalue weighted by Crippen LogP contribution is 2.47. The summed E-state index contributed by atoms with van der Waals surface area (Å²) in [5.74, 6) is -0.974. The first kappa shape index (κ1) is 17.5. The molecule has 2 aromatic rings. The number of nitriles is 1. The van der Waals surface area contributed by atoms with E-state index in [1.807, 2.05) is 37.3 Å². The number of ketones is 1. The Kier molecular flexibility index (Phi) is 4.36. The molecule has 1 aromatic heterocycles. The van der Waals surface area contributed by atoms with Gasteiger partial charge in [-0.05, 0) is 37.5 Å². The average Bonchev–Trinajstić information content (AvgIpc) is 2.53. The molecule has 0 spiro atoms. The maximum Gasteiger partial charge on any atom is 0.136 e. The van der Waals surface area contributed by atoms with E-state index >= 15 is 0 Å². The highest BCUT2D eigenvalue weighted by molar-refractivity contribution is 7.71. The quantitative estimate of drug-likeness (QED) is 0.810. The van der Waals surface area contributed by atoms with Gasteiger partial charge in [-0.1, -0.05) is 42.5 Å². The number of aromatic amines is 1. The zero-order chi connectivity index (χ0) is 18.4. The number of rotatable bonds is 2. The van der Waals surface area contributed by atoms with Gasteiger partial charge in [0.2, 0.25) is 0 Å². The Balaban J connectivity index is 2.41. The molecule has 128 valence electrons. The van der Waals surface area contributed by atoms with Crippen molar-refractivity contribution in [2.45, 2.75) is 38.7 Å². The second kappa shape index (κ2) is 6.21. The molecular weight excluding hydrogens is 332 g/mol. The molecule has 0 saturated carbocycles. The zero-order valence-corrected chi connectivity index (χ0v) is 15.3. The summed E-state index contributed by atoms with van der Waals surface area (Å²) in [6.07, 6.45) is 0.234. The number of aromatic nitrogens is 1. The van der Waals surface area contributed by atoms with E-state index in [4.69, 9.17) is 12.2 Å². The SMILES string of the molecule is CC(=O)C1C(c2ccccc2)c2c(C)[nH]c(=S)c(C#N)c2CC1(C)O. The molecule has 25 heavy (non-hydrogen) atoms. The number of benzene rings is 1. The summed E-state index contributed by atoms with van der Waals surface area (Å²) in [7, 11) is 0. The predicted molar refractivity (Wildman–Crippen MR) is 97.9 cm³/mol. The van der Waals surface area contributed by atoms with Gasteiger partial charge < -0.3 is 10.1 Å². The molecule has 1 aromatic carbocycles. The van der Waals surface area contributed by atoms with E-state index in [1.165, 1.54) is 6.92 Å². The molecule has 0 amide bonds. The third-order valence-corrected chi connectivity index (χ3v) is 5.42. The highest BCUT2D eigenvalue weighted by atomic mass is 32.1. The van der Waals surface area contributed by atoms with Gasteiger partial charge >= 0.3 is 0 Å². The number of carbonyl (C=O) groups excluding carboxylic acids is 1. The number of hydrogen-bond donors (Lipinski definition) is 2. The van der Waals surface area contributed by atoms with Crippen molar-refractivity contribution in [3.8, 4) is 6.07 Å². The Bertz CT molecular complexity index is 939. The largest absolute Gasteiger partial charge is 0.389 e. The number of fused-ring (bicyclic) bond motifs is 1. The number of carbonyl (C=O) groups is 1. The second-order valence-corrected chi connectivity index (χ2v) is 7.38.